The van der Waals surface area contributed by atoms with Gasteiger partial charge in [-0.3, -0.25) is 9.69 Å². The number of carbonyl (C=O) groups excluding carboxylic acids is 2. The van der Waals surface area contributed by atoms with Crippen LogP contribution in [-0.2, 0) is 16.9 Å². The third-order valence-electron chi connectivity index (χ3n) is 4.16. The summed E-state index contributed by atoms with van der Waals surface area (Å²) in [6, 6.07) is 10.3. The zero-order chi connectivity index (χ0) is 17.4. The van der Waals surface area contributed by atoms with Crippen molar-refractivity contribution in [1.29, 1.82) is 0 Å². The lowest BCUT2D eigenvalue weighted by Gasteiger charge is -2.21. The Labute approximate surface area is 142 Å². The van der Waals surface area contributed by atoms with Gasteiger partial charge in [0.1, 0.15) is 11.8 Å². The normalized spacial score (nSPS) is 20.1. The average molecular weight is 338 g/mol. The molecular formula is C17H14N4O4. The van der Waals surface area contributed by atoms with E-state index in [4.69, 9.17) is 8.94 Å². The predicted octanol–water partition coefficient (Wildman–Crippen LogP) is 2.30. The number of furan rings is 1. The maximum Gasteiger partial charge on any atom is 0.325 e. The van der Waals surface area contributed by atoms with Crippen molar-refractivity contribution < 1.29 is 18.5 Å². The van der Waals surface area contributed by atoms with Gasteiger partial charge < -0.3 is 14.3 Å². The van der Waals surface area contributed by atoms with Gasteiger partial charge in [-0.15, -0.1) is 0 Å². The van der Waals surface area contributed by atoms with Crippen LogP contribution in [0.3, 0.4) is 0 Å². The predicted molar refractivity (Wildman–Crippen MR) is 84.9 cm³/mol. The summed E-state index contributed by atoms with van der Waals surface area (Å²) in [5, 5.41) is 6.56. The first kappa shape index (κ1) is 15.1. The molecule has 8 nitrogen and oxygen atoms in total. The highest BCUT2D eigenvalue weighted by Gasteiger charge is 2.49. The van der Waals surface area contributed by atoms with Crippen LogP contribution < -0.4 is 5.32 Å². The quantitative estimate of drug-likeness (QED) is 0.732. The van der Waals surface area contributed by atoms with Crippen LogP contribution >= 0.6 is 0 Å². The van der Waals surface area contributed by atoms with Crippen LogP contribution in [0.2, 0.25) is 0 Å². The third-order valence-corrected chi connectivity index (χ3v) is 4.16. The van der Waals surface area contributed by atoms with Crippen LogP contribution in [-0.4, -0.2) is 27.0 Å². The summed E-state index contributed by atoms with van der Waals surface area (Å²) in [6.45, 7) is 1.60. The van der Waals surface area contributed by atoms with Gasteiger partial charge in [-0.1, -0.05) is 35.5 Å². The number of carbonyl (C=O) groups is 2. The Morgan fingerprint density at radius 3 is 2.72 bits per heavy atom. The van der Waals surface area contributed by atoms with E-state index in [2.05, 4.69) is 15.5 Å². The van der Waals surface area contributed by atoms with Crippen molar-refractivity contribution in [3.05, 3.63) is 60.3 Å². The van der Waals surface area contributed by atoms with Gasteiger partial charge in [0.05, 0.1) is 18.4 Å². The Kier molecular flexibility index (Phi) is 3.38. The van der Waals surface area contributed by atoms with Gasteiger partial charge >= 0.3 is 6.03 Å². The summed E-state index contributed by atoms with van der Waals surface area (Å²) in [5.41, 5.74) is 0.225. The number of nitrogens with one attached hydrogen (secondary N) is 1. The zero-order valence-corrected chi connectivity index (χ0v) is 13.3. The average Bonchev–Trinajstić information content (AvgIpc) is 3.34. The summed E-state index contributed by atoms with van der Waals surface area (Å²) in [5.74, 6) is 0.136. The first-order chi connectivity index (χ1) is 12.1. The molecule has 0 spiro atoms. The van der Waals surface area contributed by atoms with Crippen LogP contribution in [0.1, 0.15) is 18.3 Å². The molecule has 1 fully saturated rings. The largest absolute Gasteiger partial charge is 0.472 e. The Hall–Kier alpha value is -3.42. The number of hydrogen-bond acceptors (Lipinski definition) is 6. The summed E-state index contributed by atoms with van der Waals surface area (Å²) in [4.78, 5) is 30.4. The molecule has 4 rings (SSSR count). The molecule has 126 valence electrons. The molecule has 1 aliphatic rings. The molecular weight excluding hydrogens is 324 g/mol. The van der Waals surface area contributed by atoms with Crippen molar-refractivity contribution in [2.75, 3.05) is 0 Å². The topological polar surface area (TPSA) is 101 Å². The van der Waals surface area contributed by atoms with Crippen LogP contribution in [0.5, 0.6) is 0 Å². The minimum Gasteiger partial charge on any atom is -0.472 e. The number of amides is 3. The minimum absolute atomic E-state index is 0.0750. The maximum atomic E-state index is 12.8. The first-order valence-electron chi connectivity index (χ1n) is 7.63. The molecule has 0 radical (unpaired) electrons. The van der Waals surface area contributed by atoms with Gasteiger partial charge in [-0.05, 0) is 18.6 Å². The summed E-state index contributed by atoms with van der Waals surface area (Å²) in [7, 11) is 0. The molecule has 1 saturated heterocycles. The summed E-state index contributed by atoms with van der Waals surface area (Å²) >= 11 is 0. The van der Waals surface area contributed by atoms with Gasteiger partial charge in [-0.25, -0.2) is 4.79 Å². The van der Waals surface area contributed by atoms with E-state index in [-0.39, 0.29) is 24.2 Å². The van der Waals surface area contributed by atoms with Crippen LogP contribution in [0.15, 0.2) is 57.9 Å². The molecule has 1 atom stereocenters. The van der Waals surface area contributed by atoms with E-state index in [0.29, 0.717) is 11.1 Å². The molecule has 2 aromatic heterocycles. The van der Waals surface area contributed by atoms with E-state index < -0.39 is 11.6 Å². The van der Waals surface area contributed by atoms with Crippen molar-refractivity contribution in [2.45, 2.75) is 19.0 Å². The van der Waals surface area contributed by atoms with Crippen LogP contribution in [0, 0.1) is 0 Å². The molecule has 3 amide bonds. The SMILES string of the molecule is C[C@@]1(c2ccccc2)NC(=O)N(Cc2noc(-c3ccoc3)n2)C1=O. The number of rotatable bonds is 4. The van der Waals surface area contributed by atoms with Crippen molar-refractivity contribution >= 4 is 11.9 Å². The number of urea groups is 1. The van der Waals surface area contributed by atoms with E-state index in [9.17, 15) is 9.59 Å². The van der Waals surface area contributed by atoms with E-state index in [1.54, 1.807) is 25.1 Å². The Morgan fingerprint density at radius 2 is 2.00 bits per heavy atom. The van der Waals surface area contributed by atoms with Crippen molar-refractivity contribution in [1.82, 2.24) is 20.4 Å². The highest BCUT2D eigenvalue weighted by molar-refractivity contribution is 6.07. The molecule has 25 heavy (non-hydrogen) atoms. The van der Waals surface area contributed by atoms with Gasteiger partial charge in [0.2, 0.25) is 0 Å². The van der Waals surface area contributed by atoms with Crippen LogP contribution in [0.25, 0.3) is 11.5 Å². The molecule has 1 aliphatic heterocycles. The molecule has 8 heteroatoms. The molecule has 3 heterocycles. The Balaban J connectivity index is 1.57. The second-order valence-electron chi connectivity index (χ2n) is 5.84. The van der Waals surface area contributed by atoms with E-state index in [0.717, 1.165) is 4.90 Å². The first-order valence-corrected chi connectivity index (χ1v) is 7.63. The number of aromatic nitrogens is 2. The number of nitrogens with zero attached hydrogens (tertiary/aromatic N) is 3. The Bertz CT molecular complexity index is 919. The van der Waals surface area contributed by atoms with Crippen molar-refractivity contribution in [2.24, 2.45) is 0 Å². The monoisotopic (exact) mass is 338 g/mol. The fraction of sp³-hybridized carbons (Fsp3) is 0.176. The highest BCUT2D eigenvalue weighted by Crippen LogP contribution is 2.29. The van der Waals surface area contributed by atoms with Gasteiger partial charge in [0.25, 0.3) is 11.8 Å². The van der Waals surface area contributed by atoms with Crippen LogP contribution in [0.4, 0.5) is 4.79 Å². The third kappa shape index (κ3) is 2.47. The Morgan fingerprint density at radius 1 is 1.20 bits per heavy atom. The van der Waals surface area contributed by atoms with Gasteiger partial charge in [-0.2, -0.15) is 4.98 Å². The maximum absolute atomic E-state index is 12.8. The summed E-state index contributed by atoms with van der Waals surface area (Å²) < 4.78 is 10.1. The van der Waals surface area contributed by atoms with E-state index in [1.165, 1.54) is 12.5 Å². The standard InChI is InChI=1S/C17H14N4O4/c1-17(12-5-3-2-4-6-12)15(22)21(16(23)19-17)9-13-18-14(25-20-13)11-7-8-24-10-11/h2-8,10H,9H2,1H3,(H,19,23)/t17-/m0/s1. The van der Waals surface area contributed by atoms with Crippen molar-refractivity contribution in [3.63, 3.8) is 0 Å². The molecule has 1 aromatic carbocycles. The zero-order valence-electron chi connectivity index (χ0n) is 13.3. The summed E-state index contributed by atoms with van der Waals surface area (Å²) in [6.07, 6.45) is 2.96. The van der Waals surface area contributed by atoms with Gasteiger partial charge in [0, 0.05) is 0 Å². The fourth-order valence-electron chi connectivity index (χ4n) is 2.77. The second-order valence-corrected chi connectivity index (χ2v) is 5.84. The molecule has 0 bridgehead atoms. The molecule has 0 aliphatic carbocycles. The minimum atomic E-state index is -1.12. The smallest absolute Gasteiger partial charge is 0.325 e. The molecule has 1 N–H and O–H groups in total. The lowest BCUT2D eigenvalue weighted by atomic mass is 9.92. The van der Waals surface area contributed by atoms with E-state index >= 15 is 0 Å². The second kappa shape index (κ2) is 5.59. The molecule has 0 unspecified atom stereocenters. The fourth-order valence-corrected chi connectivity index (χ4v) is 2.77. The number of hydrogen-bond donors (Lipinski definition) is 1. The van der Waals surface area contributed by atoms with Crippen molar-refractivity contribution in [3.8, 4) is 11.5 Å². The number of benzene rings is 1. The lowest BCUT2D eigenvalue weighted by molar-refractivity contribution is -0.131. The number of imide groups is 1. The molecule has 3 aromatic rings. The highest BCUT2D eigenvalue weighted by atomic mass is 16.5. The van der Waals surface area contributed by atoms with E-state index in [1.807, 2.05) is 18.2 Å². The lowest BCUT2D eigenvalue weighted by Crippen LogP contribution is -2.40. The molecule has 0 saturated carbocycles. The van der Waals surface area contributed by atoms with Gasteiger partial charge in [0.15, 0.2) is 5.82 Å².